The minimum Gasteiger partial charge on any atom is -0.423 e. The third-order valence-corrected chi connectivity index (χ3v) is 6.01. The largest absolute Gasteiger partial charge is 0.423 e. The summed E-state index contributed by atoms with van der Waals surface area (Å²) in [6.07, 6.45) is -0.538. The lowest BCUT2D eigenvalue weighted by Crippen LogP contribution is -2.45. The first-order valence-electron chi connectivity index (χ1n) is 11.7. The second kappa shape index (κ2) is 10.3. The number of fused-ring (bicyclic) bond motifs is 1. The number of halogens is 1. The molecule has 0 spiro atoms. The Bertz CT molecular complexity index is 1340. The average Bonchev–Trinajstić information content (AvgIpc) is 3.29. The molecule has 0 bridgehead atoms. The lowest BCUT2D eigenvalue weighted by Gasteiger charge is -2.32. The van der Waals surface area contributed by atoms with Crippen LogP contribution >= 0.6 is 0 Å². The van der Waals surface area contributed by atoms with Crippen molar-refractivity contribution < 1.29 is 23.1 Å². The molecule has 1 unspecified atom stereocenters. The zero-order chi connectivity index (χ0) is 25.1. The molecule has 1 N–H and O–H groups in total. The fourth-order valence-corrected chi connectivity index (χ4v) is 4.13. The Balaban J connectivity index is 1.20. The van der Waals surface area contributed by atoms with Crippen LogP contribution in [0, 0.1) is 5.82 Å². The highest BCUT2D eigenvalue weighted by atomic mass is 19.1. The zero-order valence-electron chi connectivity index (χ0n) is 20.1. The normalized spacial score (nSPS) is 16.1. The summed E-state index contributed by atoms with van der Waals surface area (Å²) in [7, 11) is 4.00. The SMILES string of the molecule is CN1CCOC(CN(C)c2nc3cc(NC(=O)Oc4ccc(-c5ccc(F)cc5)cc4)ccc3o2)C1. The molecule has 4 aromatic rings. The van der Waals surface area contributed by atoms with Crippen LogP contribution in [0.4, 0.5) is 20.9 Å². The first kappa shape index (κ1) is 23.8. The molecule has 0 saturated carbocycles. The second-order valence-electron chi connectivity index (χ2n) is 8.86. The number of oxazole rings is 1. The number of benzene rings is 3. The van der Waals surface area contributed by atoms with Crippen molar-refractivity contribution in [3.05, 3.63) is 72.5 Å². The van der Waals surface area contributed by atoms with Gasteiger partial charge in [0.2, 0.25) is 0 Å². The number of nitrogens with one attached hydrogen (secondary N) is 1. The molecular formula is C27H27FN4O4. The molecule has 1 aliphatic rings. The van der Waals surface area contributed by atoms with E-state index in [0.29, 0.717) is 41.7 Å². The number of aromatic nitrogens is 1. The van der Waals surface area contributed by atoms with E-state index < -0.39 is 6.09 Å². The fraction of sp³-hybridized carbons (Fsp3) is 0.259. The summed E-state index contributed by atoms with van der Waals surface area (Å²) >= 11 is 0. The lowest BCUT2D eigenvalue weighted by molar-refractivity contribution is -0.0146. The van der Waals surface area contributed by atoms with Crippen LogP contribution < -0.4 is 15.0 Å². The van der Waals surface area contributed by atoms with Gasteiger partial charge in [0.1, 0.15) is 17.1 Å². The van der Waals surface area contributed by atoms with E-state index in [-0.39, 0.29) is 11.9 Å². The Hall–Kier alpha value is -3.95. The van der Waals surface area contributed by atoms with Gasteiger partial charge in [-0.25, -0.2) is 9.18 Å². The number of ether oxygens (including phenoxy) is 2. The van der Waals surface area contributed by atoms with Gasteiger partial charge in [-0.15, -0.1) is 0 Å². The van der Waals surface area contributed by atoms with Crippen LogP contribution in [0.3, 0.4) is 0 Å². The van der Waals surface area contributed by atoms with Crippen molar-refractivity contribution in [1.82, 2.24) is 9.88 Å². The van der Waals surface area contributed by atoms with Gasteiger partial charge >= 0.3 is 6.09 Å². The number of anilines is 2. The van der Waals surface area contributed by atoms with Gasteiger partial charge in [0.25, 0.3) is 6.01 Å². The molecule has 5 rings (SSSR count). The molecule has 0 aliphatic carbocycles. The van der Waals surface area contributed by atoms with E-state index in [1.807, 2.05) is 24.1 Å². The van der Waals surface area contributed by atoms with Crippen molar-refractivity contribution in [2.75, 3.05) is 50.6 Å². The van der Waals surface area contributed by atoms with E-state index in [4.69, 9.17) is 13.9 Å². The maximum Gasteiger partial charge on any atom is 0.417 e. The van der Waals surface area contributed by atoms with Gasteiger partial charge in [-0.05, 0) is 60.6 Å². The highest BCUT2D eigenvalue weighted by Crippen LogP contribution is 2.26. The van der Waals surface area contributed by atoms with E-state index in [1.54, 1.807) is 42.5 Å². The Morgan fingerprint density at radius 1 is 1.14 bits per heavy atom. The van der Waals surface area contributed by atoms with E-state index in [9.17, 15) is 9.18 Å². The van der Waals surface area contributed by atoms with Crippen molar-refractivity contribution in [2.24, 2.45) is 0 Å². The second-order valence-corrected chi connectivity index (χ2v) is 8.86. The first-order valence-corrected chi connectivity index (χ1v) is 11.7. The Morgan fingerprint density at radius 3 is 2.58 bits per heavy atom. The summed E-state index contributed by atoms with van der Waals surface area (Å²) in [6.45, 7) is 3.17. The van der Waals surface area contributed by atoms with E-state index in [1.165, 1.54) is 12.1 Å². The quantitative estimate of drug-likeness (QED) is 0.407. The summed E-state index contributed by atoms with van der Waals surface area (Å²) in [5.74, 6) is 0.102. The van der Waals surface area contributed by atoms with E-state index >= 15 is 0 Å². The molecule has 9 heteroatoms. The minimum atomic E-state index is -0.622. The molecule has 36 heavy (non-hydrogen) atoms. The highest BCUT2D eigenvalue weighted by molar-refractivity contribution is 5.89. The summed E-state index contributed by atoms with van der Waals surface area (Å²) in [5, 5.41) is 2.72. The lowest BCUT2D eigenvalue weighted by atomic mass is 10.1. The van der Waals surface area contributed by atoms with E-state index in [2.05, 4.69) is 22.2 Å². The Morgan fingerprint density at radius 2 is 1.86 bits per heavy atom. The first-order chi connectivity index (χ1) is 17.4. The summed E-state index contributed by atoms with van der Waals surface area (Å²) in [4.78, 5) is 21.2. The molecule has 1 fully saturated rings. The Kier molecular flexibility index (Phi) is 6.84. The Labute approximate surface area is 208 Å². The van der Waals surface area contributed by atoms with Crippen molar-refractivity contribution >= 4 is 28.9 Å². The molecule has 8 nitrogen and oxygen atoms in total. The van der Waals surface area contributed by atoms with Crippen molar-refractivity contribution in [1.29, 1.82) is 0 Å². The van der Waals surface area contributed by atoms with Crippen LogP contribution in [0.25, 0.3) is 22.2 Å². The summed E-state index contributed by atoms with van der Waals surface area (Å²) < 4.78 is 30.2. The number of rotatable bonds is 6. The molecule has 1 amide bonds. The molecular weight excluding hydrogens is 463 g/mol. The number of carbonyl (C=O) groups is 1. The number of hydrogen-bond donors (Lipinski definition) is 1. The number of morpholine rings is 1. The number of carbonyl (C=O) groups excluding carboxylic acids is 1. The van der Waals surface area contributed by atoms with Crippen LogP contribution in [-0.2, 0) is 4.74 Å². The van der Waals surface area contributed by atoms with Gasteiger partial charge in [-0.2, -0.15) is 4.98 Å². The number of likely N-dealkylation sites (N-methyl/N-ethyl adjacent to an activating group) is 2. The number of hydrogen-bond acceptors (Lipinski definition) is 7. The van der Waals surface area contributed by atoms with Gasteiger partial charge in [-0.1, -0.05) is 24.3 Å². The maximum absolute atomic E-state index is 13.1. The van der Waals surface area contributed by atoms with Gasteiger partial charge in [-0.3, -0.25) is 5.32 Å². The van der Waals surface area contributed by atoms with Gasteiger partial charge in [0, 0.05) is 32.4 Å². The molecule has 1 atom stereocenters. The van der Waals surface area contributed by atoms with Crippen molar-refractivity contribution in [2.45, 2.75) is 6.10 Å². The van der Waals surface area contributed by atoms with Crippen LogP contribution in [-0.4, -0.2) is 62.4 Å². The predicted molar refractivity (Wildman–Crippen MR) is 136 cm³/mol. The third kappa shape index (κ3) is 5.64. The highest BCUT2D eigenvalue weighted by Gasteiger charge is 2.21. The topological polar surface area (TPSA) is 80.1 Å². The zero-order valence-corrected chi connectivity index (χ0v) is 20.1. The molecule has 1 aromatic heterocycles. The minimum absolute atomic E-state index is 0.0838. The standard InChI is InChI=1S/C27H27FN4O4/c1-31-13-14-34-23(16-31)17-32(2)26-30-24-15-21(9-12-25(24)36-26)29-27(33)35-22-10-5-19(6-11-22)18-3-7-20(28)8-4-18/h3-12,15,23H,13-14,16-17H2,1-2H3,(H,29,33). The smallest absolute Gasteiger partial charge is 0.417 e. The molecule has 186 valence electrons. The van der Waals surface area contributed by atoms with Gasteiger partial charge in [0.05, 0.1) is 12.7 Å². The maximum atomic E-state index is 13.1. The number of amides is 1. The predicted octanol–water partition coefficient (Wildman–Crippen LogP) is 5.01. The molecule has 1 aliphatic heterocycles. The fourth-order valence-electron chi connectivity index (χ4n) is 4.13. The molecule has 3 aromatic carbocycles. The van der Waals surface area contributed by atoms with E-state index in [0.717, 1.165) is 24.2 Å². The van der Waals surface area contributed by atoms with Crippen molar-refractivity contribution in [3.63, 3.8) is 0 Å². The molecule has 0 radical (unpaired) electrons. The molecule has 2 heterocycles. The third-order valence-electron chi connectivity index (χ3n) is 6.01. The molecule has 1 saturated heterocycles. The average molecular weight is 491 g/mol. The summed E-state index contributed by atoms with van der Waals surface area (Å²) in [5.41, 5.74) is 3.54. The van der Waals surface area contributed by atoms with Crippen LogP contribution in [0.15, 0.2) is 71.1 Å². The monoisotopic (exact) mass is 490 g/mol. The van der Waals surface area contributed by atoms with Crippen LogP contribution in [0.2, 0.25) is 0 Å². The number of nitrogens with zero attached hydrogens (tertiary/aromatic N) is 3. The van der Waals surface area contributed by atoms with Crippen LogP contribution in [0.1, 0.15) is 0 Å². The van der Waals surface area contributed by atoms with Crippen LogP contribution in [0.5, 0.6) is 5.75 Å². The van der Waals surface area contributed by atoms with Gasteiger partial charge in [0.15, 0.2) is 5.58 Å². The van der Waals surface area contributed by atoms with Gasteiger partial charge < -0.3 is 23.7 Å². The van der Waals surface area contributed by atoms with Crippen molar-refractivity contribution in [3.8, 4) is 16.9 Å². The summed E-state index contributed by atoms with van der Waals surface area (Å²) in [6, 6.07) is 18.9.